The van der Waals surface area contributed by atoms with Gasteiger partial charge in [-0.25, -0.2) is 0 Å². The lowest BCUT2D eigenvalue weighted by molar-refractivity contribution is 0.00535. The number of ether oxygens (including phenoxy) is 1. The van der Waals surface area contributed by atoms with Crippen molar-refractivity contribution in [3.63, 3.8) is 0 Å². The van der Waals surface area contributed by atoms with Crippen molar-refractivity contribution in [2.24, 2.45) is 5.92 Å². The summed E-state index contributed by atoms with van der Waals surface area (Å²) >= 11 is 0. The zero-order valence-electron chi connectivity index (χ0n) is 13.3. The number of hydrogen-bond acceptors (Lipinski definition) is 2. The van der Waals surface area contributed by atoms with Gasteiger partial charge in [-0.15, -0.1) is 0 Å². The maximum absolute atomic E-state index is 5.92. The summed E-state index contributed by atoms with van der Waals surface area (Å²) in [4.78, 5) is 0. The minimum absolute atomic E-state index is 0.261. The van der Waals surface area contributed by atoms with Crippen molar-refractivity contribution in [2.75, 3.05) is 13.7 Å². The molecule has 2 nitrogen and oxygen atoms in total. The molecule has 108 valence electrons. The summed E-state index contributed by atoms with van der Waals surface area (Å²) in [6.07, 6.45) is 1.28. The highest BCUT2D eigenvalue weighted by Crippen LogP contribution is 2.17. The molecule has 2 unspecified atom stereocenters. The fourth-order valence-electron chi connectivity index (χ4n) is 2.53. The second-order valence-electron chi connectivity index (χ2n) is 5.68. The summed E-state index contributed by atoms with van der Waals surface area (Å²) in [7, 11) is 2.03. The highest BCUT2D eigenvalue weighted by atomic mass is 16.5. The van der Waals surface area contributed by atoms with Gasteiger partial charge in [-0.2, -0.15) is 0 Å². The molecule has 2 heteroatoms. The van der Waals surface area contributed by atoms with E-state index in [1.54, 1.807) is 0 Å². The van der Waals surface area contributed by atoms with Crippen LogP contribution >= 0.6 is 0 Å². The molecule has 0 saturated carbocycles. The molecular formula is C17H29NO. The van der Waals surface area contributed by atoms with Gasteiger partial charge in [-0.3, -0.25) is 0 Å². The van der Waals surface area contributed by atoms with Gasteiger partial charge in [-0.1, -0.05) is 32.0 Å². The second kappa shape index (κ2) is 7.66. The third kappa shape index (κ3) is 4.63. The first-order chi connectivity index (χ1) is 8.99. The van der Waals surface area contributed by atoms with Crippen LogP contribution in [0.15, 0.2) is 18.2 Å². The van der Waals surface area contributed by atoms with Crippen molar-refractivity contribution < 1.29 is 4.74 Å². The fourth-order valence-corrected chi connectivity index (χ4v) is 2.53. The Balaban J connectivity index is 2.82. The van der Waals surface area contributed by atoms with Crippen LogP contribution in [0.5, 0.6) is 0 Å². The van der Waals surface area contributed by atoms with Crippen LogP contribution in [-0.4, -0.2) is 25.8 Å². The molecule has 0 aromatic heterocycles. The molecule has 0 heterocycles. The second-order valence-corrected chi connectivity index (χ2v) is 5.68. The zero-order chi connectivity index (χ0) is 14.4. The number of aryl methyl sites for hydroxylation is 2. The third-order valence-corrected chi connectivity index (χ3v) is 3.81. The van der Waals surface area contributed by atoms with Gasteiger partial charge in [0.15, 0.2) is 0 Å². The number of nitrogens with one attached hydrogen (secondary N) is 1. The van der Waals surface area contributed by atoms with Crippen molar-refractivity contribution in [3.05, 3.63) is 34.9 Å². The van der Waals surface area contributed by atoms with Crippen LogP contribution in [0.2, 0.25) is 0 Å². The van der Waals surface area contributed by atoms with Crippen molar-refractivity contribution in [1.82, 2.24) is 5.32 Å². The van der Waals surface area contributed by atoms with Crippen LogP contribution in [0.1, 0.15) is 37.5 Å². The highest BCUT2D eigenvalue weighted by molar-refractivity contribution is 5.30. The molecule has 0 fully saturated rings. The predicted molar refractivity (Wildman–Crippen MR) is 82.7 cm³/mol. The smallest absolute Gasteiger partial charge is 0.0753 e. The van der Waals surface area contributed by atoms with Crippen molar-refractivity contribution in [1.29, 1.82) is 0 Å². The molecule has 0 radical (unpaired) electrons. The first kappa shape index (κ1) is 16.2. The Morgan fingerprint density at radius 2 is 1.84 bits per heavy atom. The summed E-state index contributed by atoms with van der Waals surface area (Å²) in [5.41, 5.74) is 4.10. The SMILES string of the molecule is CCOC(C(C)C)C(Cc1ccc(C)c(C)c1)NC. The van der Waals surface area contributed by atoms with E-state index in [0.717, 1.165) is 13.0 Å². The first-order valence-corrected chi connectivity index (χ1v) is 7.34. The Bertz CT molecular complexity index is 387. The molecule has 1 rings (SSSR count). The van der Waals surface area contributed by atoms with Crippen molar-refractivity contribution in [3.8, 4) is 0 Å². The Hall–Kier alpha value is -0.860. The molecule has 0 amide bonds. The molecule has 1 N–H and O–H groups in total. The van der Waals surface area contributed by atoms with Crippen molar-refractivity contribution in [2.45, 2.75) is 53.2 Å². The zero-order valence-corrected chi connectivity index (χ0v) is 13.3. The monoisotopic (exact) mass is 263 g/mol. The average molecular weight is 263 g/mol. The topological polar surface area (TPSA) is 21.3 Å². The molecule has 0 aliphatic heterocycles. The van der Waals surface area contributed by atoms with Crippen LogP contribution in [0.4, 0.5) is 0 Å². The van der Waals surface area contributed by atoms with E-state index < -0.39 is 0 Å². The van der Waals surface area contributed by atoms with E-state index in [9.17, 15) is 0 Å². The maximum Gasteiger partial charge on any atom is 0.0753 e. The number of benzene rings is 1. The molecule has 0 bridgehead atoms. The van der Waals surface area contributed by atoms with Crippen LogP contribution in [0, 0.1) is 19.8 Å². The van der Waals surface area contributed by atoms with E-state index in [4.69, 9.17) is 4.74 Å². The molecule has 0 aliphatic carbocycles. The van der Waals surface area contributed by atoms with E-state index >= 15 is 0 Å². The summed E-state index contributed by atoms with van der Waals surface area (Å²) in [5, 5.41) is 3.43. The predicted octanol–water partition coefficient (Wildman–Crippen LogP) is 3.50. The summed E-state index contributed by atoms with van der Waals surface area (Å²) in [6.45, 7) is 11.6. The first-order valence-electron chi connectivity index (χ1n) is 7.34. The maximum atomic E-state index is 5.92. The van der Waals surface area contributed by atoms with Gasteiger partial charge in [0.1, 0.15) is 0 Å². The number of likely N-dealkylation sites (N-methyl/N-ethyl adjacent to an activating group) is 1. The molecular weight excluding hydrogens is 234 g/mol. The fraction of sp³-hybridized carbons (Fsp3) is 0.647. The summed E-state index contributed by atoms with van der Waals surface area (Å²) in [5.74, 6) is 0.518. The number of rotatable bonds is 7. The van der Waals surface area contributed by atoms with Crippen LogP contribution < -0.4 is 5.32 Å². The molecule has 0 aliphatic rings. The normalized spacial score (nSPS) is 14.7. The van der Waals surface area contributed by atoms with Gasteiger partial charge in [0.2, 0.25) is 0 Å². The van der Waals surface area contributed by atoms with E-state index in [-0.39, 0.29) is 6.10 Å². The Morgan fingerprint density at radius 1 is 1.16 bits per heavy atom. The van der Waals surface area contributed by atoms with Gasteiger partial charge in [0.25, 0.3) is 0 Å². The largest absolute Gasteiger partial charge is 0.377 e. The van der Waals surface area contributed by atoms with Crippen molar-refractivity contribution >= 4 is 0 Å². The van der Waals surface area contributed by atoms with Gasteiger partial charge >= 0.3 is 0 Å². The van der Waals surface area contributed by atoms with E-state index in [0.29, 0.717) is 12.0 Å². The molecule has 0 spiro atoms. The van der Waals surface area contributed by atoms with Crippen LogP contribution in [0.25, 0.3) is 0 Å². The van der Waals surface area contributed by atoms with E-state index in [1.165, 1.54) is 16.7 Å². The Labute approximate surface area is 118 Å². The van der Waals surface area contributed by atoms with Gasteiger partial charge in [0.05, 0.1) is 6.10 Å². The Kier molecular flexibility index (Phi) is 6.53. The molecule has 19 heavy (non-hydrogen) atoms. The third-order valence-electron chi connectivity index (χ3n) is 3.81. The minimum atomic E-state index is 0.261. The lowest BCUT2D eigenvalue weighted by Gasteiger charge is -2.30. The molecule has 0 saturated heterocycles. The Morgan fingerprint density at radius 3 is 2.32 bits per heavy atom. The van der Waals surface area contributed by atoms with Gasteiger partial charge < -0.3 is 10.1 Å². The standard InChI is InChI=1S/C17H29NO/c1-7-19-17(12(2)3)16(18-6)11-15-9-8-13(4)14(5)10-15/h8-10,12,16-18H,7,11H2,1-6H3. The van der Waals surface area contributed by atoms with E-state index in [1.807, 2.05) is 7.05 Å². The lowest BCUT2D eigenvalue weighted by atomic mass is 9.93. The summed E-state index contributed by atoms with van der Waals surface area (Å²) in [6, 6.07) is 7.10. The molecule has 1 aromatic carbocycles. The van der Waals surface area contributed by atoms with Crippen LogP contribution in [-0.2, 0) is 11.2 Å². The van der Waals surface area contributed by atoms with Gasteiger partial charge in [0, 0.05) is 12.6 Å². The van der Waals surface area contributed by atoms with Crippen LogP contribution in [0.3, 0.4) is 0 Å². The minimum Gasteiger partial charge on any atom is -0.377 e. The lowest BCUT2D eigenvalue weighted by Crippen LogP contribution is -2.44. The summed E-state index contributed by atoms with van der Waals surface area (Å²) < 4.78 is 5.92. The quantitative estimate of drug-likeness (QED) is 0.813. The highest BCUT2D eigenvalue weighted by Gasteiger charge is 2.23. The average Bonchev–Trinajstić information content (AvgIpc) is 2.37. The molecule has 1 aromatic rings. The number of hydrogen-bond donors (Lipinski definition) is 1. The van der Waals surface area contributed by atoms with Gasteiger partial charge in [-0.05, 0) is 56.8 Å². The van der Waals surface area contributed by atoms with E-state index in [2.05, 4.69) is 58.1 Å². The molecule has 2 atom stereocenters.